The third kappa shape index (κ3) is 9.88. The van der Waals surface area contributed by atoms with E-state index >= 15 is 0 Å². The fraction of sp³-hybridized carbons (Fsp3) is 0.449. The lowest BCUT2D eigenvalue weighted by Crippen LogP contribution is -2.57. The number of ether oxygens (including phenoxy) is 1. The Morgan fingerprint density at radius 1 is 1.04 bits per heavy atom. The minimum Gasteiger partial charge on any atom is -0.495 e. The normalized spacial score (nSPS) is 18.3. The van der Waals surface area contributed by atoms with Crippen LogP contribution in [0.5, 0.6) is 5.75 Å². The molecule has 5 N–H and O–H groups in total. The summed E-state index contributed by atoms with van der Waals surface area (Å²) in [4.78, 5) is 77.6. The average molecular weight is 943 g/mol. The first-order chi connectivity index (χ1) is 32.7. The maximum absolute atomic E-state index is 14.1. The SMILES string of the molecule is CC[C@@H]1c2c(C#N)ncn2-c2cnc(Nc3ccc(C(=O)NCCC(=O)NC(C(=O)N4C[C@H](O)C[C@H]4C(=O)NCc4ccc(-c5scnc5C)cc4)C(C)(C)C)cc3OC)nc2N1C1CCCC1. The number of hydrogen-bond donors (Lipinski definition) is 5. The number of aryl methyl sites for hydroxylation is 1. The van der Waals surface area contributed by atoms with Crippen LogP contribution in [0.3, 0.4) is 0 Å². The molecule has 19 heteroatoms. The van der Waals surface area contributed by atoms with E-state index in [4.69, 9.17) is 9.72 Å². The quantitative estimate of drug-likeness (QED) is 0.0829. The predicted molar refractivity (Wildman–Crippen MR) is 257 cm³/mol. The van der Waals surface area contributed by atoms with Crippen molar-refractivity contribution in [2.45, 2.75) is 116 Å². The molecule has 5 heterocycles. The number of nitrogens with one attached hydrogen (secondary N) is 4. The van der Waals surface area contributed by atoms with Gasteiger partial charge in [0.2, 0.25) is 23.7 Å². The lowest BCUT2D eigenvalue weighted by Gasteiger charge is -2.41. The largest absolute Gasteiger partial charge is 0.495 e. The molecular formula is C49H58N12O6S. The lowest BCUT2D eigenvalue weighted by atomic mass is 9.85. The first kappa shape index (κ1) is 47.6. The molecule has 1 saturated heterocycles. The summed E-state index contributed by atoms with van der Waals surface area (Å²) in [5.41, 5.74) is 6.75. The molecule has 2 aromatic carbocycles. The van der Waals surface area contributed by atoms with Gasteiger partial charge in [-0.3, -0.25) is 23.7 Å². The van der Waals surface area contributed by atoms with Crippen molar-refractivity contribution in [1.29, 1.82) is 5.26 Å². The topological polar surface area (TPSA) is 233 Å². The van der Waals surface area contributed by atoms with E-state index in [0.29, 0.717) is 28.6 Å². The number of amides is 4. The number of thiazole rings is 1. The highest BCUT2D eigenvalue weighted by atomic mass is 32.1. The number of aromatic nitrogens is 5. The van der Waals surface area contributed by atoms with Crippen LogP contribution < -0.4 is 30.9 Å². The number of rotatable bonds is 15. The van der Waals surface area contributed by atoms with Gasteiger partial charge in [0.25, 0.3) is 5.91 Å². The van der Waals surface area contributed by atoms with Gasteiger partial charge in [-0.25, -0.2) is 15.0 Å². The monoisotopic (exact) mass is 942 g/mol. The smallest absolute Gasteiger partial charge is 0.251 e. The standard InChI is InChI=1S/C49H58N12O6S/c1-7-36-41-35(22-50)54-26-60(41)38-24-53-48(58-44(38)61(36)32-10-8-9-11-32)56-34-17-16-31(20-39(34)67-6)45(64)51-19-18-40(63)57-43(49(3,4)5)47(66)59-25-33(62)21-37(59)46(65)52-23-29-12-14-30(15-13-29)42-28(2)55-27-68-42/h12-17,20,24,26-27,32-33,36-37,43,62H,7-11,18-19,21,23,25H2,1-6H3,(H,51,64)(H,52,65)(H,57,63)(H,53,56,58)/t33-,36-,37+,43?/m1/s1. The second-order valence-corrected chi connectivity index (χ2v) is 19.5. The highest BCUT2D eigenvalue weighted by Gasteiger charge is 2.45. The van der Waals surface area contributed by atoms with Crippen LogP contribution in [0, 0.1) is 23.7 Å². The molecule has 356 valence electrons. The molecule has 4 amide bonds. The number of carbonyl (C=O) groups is 4. The molecule has 0 radical (unpaired) electrons. The van der Waals surface area contributed by atoms with Crippen molar-refractivity contribution in [2.24, 2.45) is 5.41 Å². The van der Waals surface area contributed by atoms with Crippen molar-refractivity contribution in [2.75, 3.05) is 30.4 Å². The Morgan fingerprint density at radius 2 is 1.81 bits per heavy atom. The second kappa shape index (κ2) is 20.1. The van der Waals surface area contributed by atoms with E-state index in [1.807, 2.05) is 56.5 Å². The van der Waals surface area contributed by atoms with Crippen molar-refractivity contribution < 1.29 is 29.0 Å². The van der Waals surface area contributed by atoms with E-state index in [0.717, 1.165) is 71.0 Å². The molecule has 18 nitrogen and oxygen atoms in total. The number of methoxy groups -OCH3 is 1. The van der Waals surface area contributed by atoms with Crippen LogP contribution in [-0.2, 0) is 20.9 Å². The summed E-state index contributed by atoms with van der Waals surface area (Å²) in [6.07, 6.45) is 7.50. The van der Waals surface area contributed by atoms with E-state index < -0.39 is 47.2 Å². The number of nitrogens with zero attached hydrogens (tertiary/aromatic N) is 8. The van der Waals surface area contributed by atoms with E-state index in [2.05, 4.69) is 54.1 Å². The minimum atomic E-state index is -1.02. The summed E-state index contributed by atoms with van der Waals surface area (Å²) in [7, 11) is 1.50. The van der Waals surface area contributed by atoms with Gasteiger partial charge in [-0.2, -0.15) is 10.2 Å². The number of hydrogen-bond acceptors (Lipinski definition) is 14. The highest BCUT2D eigenvalue weighted by molar-refractivity contribution is 7.13. The Morgan fingerprint density at radius 3 is 2.49 bits per heavy atom. The van der Waals surface area contributed by atoms with Gasteiger partial charge >= 0.3 is 0 Å². The van der Waals surface area contributed by atoms with Gasteiger partial charge in [0.05, 0.1) is 52.9 Å². The predicted octanol–water partition coefficient (Wildman–Crippen LogP) is 5.86. The van der Waals surface area contributed by atoms with Crippen LogP contribution >= 0.6 is 11.3 Å². The van der Waals surface area contributed by atoms with Crippen LogP contribution in [0.1, 0.15) is 112 Å². The van der Waals surface area contributed by atoms with Crippen molar-refractivity contribution >= 4 is 52.4 Å². The van der Waals surface area contributed by atoms with Crippen LogP contribution in [0.15, 0.2) is 60.5 Å². The third-order valence-corrected chi connectivity index (χ3v) is 14.0. The second-order valence-electron chi connectivity index (χ2n) is 18.6. The maximum atomic E-state index is 14.1. The summed E-state index contributed by atoms with van der Waals surface area (Å²) in [5, 5.41) is 32.3. The Labute approximate surface area is 399 Å². The number of β-amino-alcohol motifs (C(OH)–C–C–N with tert-alkyl or cyclic N) is 1. The van der Waals surface area contributed by atoms with Gasteiger partial charge < -0.3 is 40.9 Å². The first-order valence-corrected chi connectivity index (χ1v) is 24.0. The third-order valence-electron chi connectivity index (χ3n) is 13.0. The zero-order valence-electron chi connectivity index (χ0n) is 39.2. The van der Waals surface area contributed by atoms with Crippen LogP contribution in [0.2, 0.25) is 0 Å². The fourth-order valence-electron chi connectivity index (χ4n) is 9.48. The Hall–Kier alpha value is -6.91. The van der Waals surface area contributed by atoms with Crippen LogP contribution in [0.25, 0.3) is 16.1 Å². The first-order valence-electron chi connectivity index (χ1n) is 23.1. The molecular weight excluding hydrogens is 885 g/mol. The molecule has 5 aromatic rings. The van der Waals surface area contributed by atoms with Gasteiger partial charge in [-0.1, -0.05) is 64.8 Å². The number of nitriles is 1. The van der Waals surface area contributed by atoms with Crippen molar-refractivity contribution in [3.8, 4) is 27.9 Å². The number of imidazole rings is 1. The Kier molecular flexibility index (Phi) is 14.1. The highest BCUT2D eigenvalue weighted by Crippen LogP contribution is 2.45. The van der Waals surface area contributed by atoms with E-state index in [1.54, 1.807) is 47.6 Å². The number of likely N-dealkylation sites (tertiary alicyclic amines) is 1. The number of fused-ring (bicyclic) bond motifs is 3. The minimum absolute atomic E-state index is 0.0238. The molecule has 2 fully saturated rings. The number of anilines is 3. The average Bonchev–Trinajstić information content (AvgIpc) is 4.17. The maximum Gasteiger partial charge on any atom is 0.251 e. The number of benzene rings is 2. The summed E-state index contributed by atoms with van der Waals surface area (Å²) in [6, 6.07) is 13.2. The lowest BCUT2D eigenvalue weighted by molar-refractivity contribution is -0.144. The molecule has 1 saturated carbocycles. The van der Waals surface area contributed by atoms with Gasteiger partial charge in [0.15, 0.2) is 11.5 Å². The molecule has 1 unspecified atom stereocenters. The Balaban J connectivity index is 0.872. The molecule has 2 aliphatic heterocycles. The van der Waals surface area contributed by atoms with Crippen molar-refractivity contribution in [3.63, 3.8) is 0 Å². The summed E-state index contributed by atoms with van der Waals surface area (Å²) in [6.45, 7) is 9.67. The van der Waals surface area contributed by atoms with E-state index in [1.165, 1.54) is 12.0 Å². The molecule has 8 rings (SSSR count). The summed E-state index contributed by atoms with van der Waals surface area (Å²) >= 11 is 1.56. The molecule has 0 bridgehead atoms. The molecule has 68 heavy (non-hydrogen) atoms. The van der Waals surface area contributed by atoms with Gasteiger partial charge in [0, 0.05) is 44.1 Å². The van der Waals surface area contributed by atoms with Crippen LogP contribution in [0.4, 0.5) is 17.5 Å². The fourth-order valence-corrected chi connectivity index (χ4v) is 10.3. The molecule has 3 aliphatic rings. The van der Waals surface area contributed by atoms with Gasteiger partial charge in [-0.05, 0) is 60.9 Å². The molecule has 0 spiro atoms. The summed E-state index contributed by atoms with van der Waals surface area (Å²) < 4.78 is 7.61. The van der Waals surface area contributed by atoms with E-state index in [9.17, 15) is 29.5 Å². The summed E-state index contributed by atoms with van der Waals surface area (Å²) in [5.74, 6) is -0.319. The zero-order valence-corrected chi connectivity index (χ0v) is 40.0. The Bertz CT molecular complexity index is 2720. The van der Waals surface area contributed by atoms with E-state index in [-0.39, 0.29) is 44.6 Å². The molecule has 1 aliphatic carbocycles. The van der Waals surface area contributed by atoms with Gasteiger partial charge in [0.1, 0.15) is 35.9 Å². The van der Waals surface area contributed by atoms with Crippen LogP contribution in [-0.4, -0.2) is 103 Å². The van der Waals surface area contributed by atoms with Crippen molar-refractivity contribution in [1.82, 2.24) is 45.4 Å². The number of aliphatic hydroxyl groups excluding tert-OH is 1. The van der Waals surface area contributed by atoms with Crippen molar-refractivity contribution in [3.05, 3.63) is 88.7 Å². The van der Waals surface area contributed by atoms with Gasteiger partial charge in [-0.15, -0.1) is 11.3 Å². The zero-order chi connectivity index (χ0) is 48.3. The molecule has 4 atom stereocenters. The molecule has 3 aromatic heterocycles. The number of aliphatic hydroxyl groups is 1. The number of carbonyl (C=O) groups excluding carboxylic acids is 4.